The van der Waals surface area contributed by atoms with Gasteiger partial charge in [0, 0.05) is 24.9 Å². The maximum atomic E-state index is 12.6. The van der Waals surface area contributed by atoms with E-state index in [1.165, 1.54) is 0 Å². The predicted molar refractivity (Wildman–Crippen MR) is 76.1 cm³/mol. The molecule has 0 unspecified atom stereocenters. The molecule has 1 aromatic heterocycles. The van der Waals surface area contributed by atoms with Gasteiger partial charge in [-0.1, -0.05) is 26.0 Å². The normalized spacial score (nSPS) is 22.6. The van der Waals surface area contributed by atoms with Crippen LogP contribution >= 0.6 is 0 Å². The van der Waals surface area contributed by atoms with Crippen molar-refractivity contribution in [1.29, 1.82) is 0 Å². The Morgan fingerprint density at radius 2 is 1.95 bits per heavy atom. The van der Waals surface area contributed by atoms with Crippen LogP contribution < -0.4 is 0 Å². The second-order valence-corrected chi connectivity index (χ2v) is 6.07. The Kier molecular flexibility index (Phi) is 3.36. The first-order chi connectivity index (χ1) is 9.59. The second-order valence-electron chi connectivity index (χ2n) is 6.07. The van der Waals surface area contributed by atoms with Crippen molar-refractivity contribution in [3.05, 3.63) is 23.8 Å². The van der Waals surface area contributed by atoms with Gasteiger partial charge in [-0.3, -0.25) is 4.79 Å². The molecule has 0 fully saturated rings. The van der Waals surface area contributed by atoms with Gasteiger partial charge in [0.25, 0.3) is 0 Å². The zero-order valence-electron chi connectivity index (χ0n) is 12.4. The molecule has 20 heavy (non-hydrogen) atoms. The fourth-order valence-corrected chi connectivity index (χ4v) is 3.19. The fraction of sp³-hybridized carbons (Fsp3) is 0.667. The van der Waals surface area contributed by atoms with Crippen LogP contribution in [0.3, 0.4) is 0 Å². The molecule has 1 atom stereocenters. The van der Waals surface area contributed by atoms with Crippen LogP contribution in [0.15, 0.2) is 12.2 Å². The third-order valence-corrected chi connectivity index (χ3v) is 4.37. The van der Waals surface area contributed by atoms with E-state index in [0.717, 1.165) is 37.6 Å². The van der Waals surface area contributed by atoms with Crippen LogP contribution in [0.2, 0.25) is 0 Å². The first-order valence-electron chi connectivity index (χ1n) is 7.48. The zero-order valence-corrected chi connectivity index (χ0v) is 12.4. The molecule has 5 nitrogen and oxygen atoms in total. The van der Waals surface area contributed by atoms with Gasteiger partial charge in [-0.25, -0.2) is 0 Å². The molecule has 1 amide bonds. The van der Waals surface area contributed by atoms with E-state index in [1.807, 2.05) is 4.90 Å². The molecule has 0 bridgehead atoms. The van der Waals surface area contributed by atoms with Gasteiger partial charge in [0.2, 0.25) is 5.91 Å². The van der Waals surface area contributed by atoms with E-state index in [1.54, 1.807) is 0 Å². The molecule has 0 N–H and O–H groups in total. The minimum atomic E-state index is 0.0249. The van der Waals surface area contributed by atoms with Crippen LogP contribution in [0.4, 0.5) is 0 Å². The lowest BCUT2D eigenvalue weighted by Crippen LogP contribution is -2.44. The van der Waals surface area contributed by atoms with Gasteiger partial charge in [-0.2, -0.15) is 0 Å². The maximum Gasteiger partial charge on any atom is 0.226 e. The van der Waals surface area contributed by atoms with Gasteiger partial charge in [0.15, 0.2) is 5.82 Å². The highest BCUT2D eigenvalue weighted by molar-refractivity contribution is 5.80. The van der Waals surface area contributed by atoms with Crippen molar-refractivity contribution in [3.63, 3.8) is 0 Å². The molecule has 1 aliphatic heterocycles. The van der Waals surface area contributed by atoms with Gasteiger partial charge in [0.1, 0.15) is 5.82 Å². The highest BCUT2D eigenvalue weighted by Crippen LogP contribution is 2.30. The van der Waals surface area contributed by atoms with Crippen molar-refractivity contribution < 1.29 is 4.79 Å². The third kappa shape index (κ3) is 2.05. The average molecular weight is 274 g/mol. The summed E-state index contributed by atoms with van der Waals surface area (Å²) in [6.07, 6.45) is 5.98. The van der Waals surface area contributed by atoms with E-state index in [-0.39, 0.29) is 17.9 Å². The number of carbonyl (C=O) groups excluding carboxylic acids is 1. The van der Waals surface area contributed by atoms with E-state index >= 15 is 0 Å². The maximum absolute atomic E-state index is 12.6. The number of hydrogen-bond acceptors (Lipinski definition) is 3. The Morgan fingerprint density at radius 1 is 1.25 bits per heavy atom. The molecule has 5 heteroatoms. The van der Waals surface area contributed by atoms with Crippen molar-refractivity contribution in [3.8, 4) is 0 Å². The smallest absolute Gasteiger partial charge is 0.226 e. The summed E-state index contributed by atoms with van der Waals surface area (Å²) in [7, 11) is 0. The second kappa shape index (κ2) is 5.04. The predicted octanol–water partition coefficient (Wildman–Crippen LogP) is 2.27. The van der Waals surface area contributed by atoms with Gasteiger partial charge >= 0.3 is 0 Å². The topological polar surface area (TPSA) is 51.0 Å². The van der Waals surface area contributed by atoms with Gasteiger partial charge in [-0.15, -0.1) is 10.2 Å². The molecular formula is C15H22N4O. The van der Waals surface area contributed by atoms with Gasteiger partial charge in [0.05, 0.1) is 6.04 Å². The number of nitrogens with zero attached hydrogens (tertiary/aromatic N) is 4. The Morgan fingerprint density at radius 3 is 2.60 bits per heavy atom. The Hall–Kier alpha value is -1.65. The monoisotopic (exact) mass is 274 g/mol. The van der Waals surface area contributed by atoms with Crippen LogP contribution in [0.5, 0.6) is 0 Å². The largest absolute Gasteiger partial charge is 0.331 e. The van der Waals surface area contributed by atoms with Crippen molar-refractivity contribution in [2.24, 2.45) is 5.92 Å². The molecule has 108 valence electrons. The van der Waals surface area contributed by atoms with E-state index < -0.39 is 0 Å². The number of allylic oxidation sites excluding steroid dienone is 2. The summed E-state index contributed by atoms with van der Waals surface area (Å²) in [6, 6.07) is 0.0249. The minimum Gasteiger partial charge on any atom is -0.331 e. The minimum absolute atomic E-state index is 0.0249. The SMILES string of the molecule is CC(C)c1nnc2n1CCN(C(=O)C1CC=CC1)[C@@H]2C. The van der Waals surface area contributed by atoms with E-state index in [9.17, 15) is 4.79 Å². The van der Waals surface area contributed by atoms with Crippen LogP contribution in [-0.2, 0) is 11.3 Å². The third-order valence-electron chi connectivity index (χ3n) is 4.37. The van der Waals surface area contributed by atoms with Crippen molar-refractivity contribution >= 4 is 5.91 Å². The lowest BCUT2D eigenvalue weighted by atomic mass is 10.0. The fourth-order valence-electron chi connectivity index (χ4n) is 3.19. The summed E-state index contributed by atoms with van der Waals surface area (Å²) < 4.78 is 2.19. The molecule has 0 saturated heterocycles. The van der Waals surface area contributed by atoms with Gasteiger partial charge < -0.3 is 9.47 Å². The summed E-state index contributed by atoms with van der Waals surface area (Å²) in [5, 5.41) is 8.62. The molecule has 0 saturated carbocycles. The number of carbonyl (C=O) groups is 1. The quantitative estimate of drug-likeness (QED) is 0.777. The average Bonchev–Trinajstić information content (AvgIpc) is 3.08. The molecule has 1 aromatic rings. The van der Waals surface area contributed by atoms with Crippen molar-refractivity contribution in [2.75, 3.05) is 6.54 Å². The summed E-state index contributed by atoms with van der Waals surface area (Å²) in [4.78, 5) is 14.6. The molecule has 0 spiro atoms. The number of aromatic nitrogens is 3. The summed E-state index contributed by atoms with van der Waals surface area (Å²) in [5.41, 5.74) is 0. The molecule has 3 rings (SSSR count). The van der Waals surface area contributed by atoms with Crippen LogP contribution in [0.1, 0.15) is 57.2 Å². The number of fused-ring (bicyclic) bond motifs is 1. The summed E-state index contributed by atoms with van der Waals surface area (Å²) in [6.45, 7) is 7.89. The molecule has 1 aliphatic carbocycles. The highest BCUT2D eigenvalue weighted by Gasteiger charge is 2.34. The van der Waals surface area contributed by atoms with E-state index in [2.05, 4.69) is 47.7 Å². The van der Waals surface area contributed by atoms with Gasteiger partial charge in [-0.05, 0) is 19.8 Å². The molecular weight excluding hydrogens is 252 g/mol. The number of rotatable bonds is 2. The lowest BCUT2D eigenvalue weighted by Gasteiger charge is -2.35. The number of amides is 1. The van der Waals surface area contributed by atoms with Crippen LogP contribution in [-0.4, -0.2) is 32.1 Å². The van der Waals surface area contributed by atoms with Crippen molar-refractivity contribution in [2.45, 2.75) is 52.1 Å². The molecule has 0 aromatic carbocycles. The zero-order chi connectivity index (χ0) is 14.3. The Bertz CT molecular complexity index is 538. The lowest BCUT2D eigenvalue weighted by molar-refractivity contribution is -0.138. The molecule has 2 heterocycles. The molecule has 0 radical (unpaired) electrons. The standard InChI is InChI=1S/C15H22N4O/c1-10(2)13-16-17-14-11(3)18(8-9-19(13)14)15(20)12-6-4-5-7-12/h4-5,10-12H,6-9H2,1-3H3/t11-/m1/s1. The van der Waals surface area contributed by atoms with Crippen LogP contribution in [0, 0.1) is 5.92 Å². The Labute approximate surface area is 119 Å². The first kappa shape index (κ1) is 13.3. The highest BCUT2D eigenvalue weighted by atomic mass is 16.2. The van der Waals surface area contributed by atoms with E-state index in [0.29, 0.717) is 5.92 Å². The number of hydrogen-bond donors (Lipinski definition) is 0. The first-order valence-corrected chi connectivity index (χ1v) is 7.48. The van der Waals surface area contributed by atoms with Crippen LogP contribution in [0.25, 0.3) is 0 Å². The van der Waals surface area contributed by atoms with Crippen molar-refractivity contribution in [1.82, 2.24) is 19.7 Å². The Balaban J connectivity index is 1.82. The molecule has 2 aliphatic rings. The summed E-state index contributed by atoms with van der Waals surface area (Å²) in [5.74, 6) is 2.73. The van der Waals surface area contributed by atoms with E-state index in [4.69, 9.17) is 0 Å². The summed E-state index contributed by atoms with van der Waals surface area (Å²) >= 11 is 0.